The van der Waals surface area contributed by atoms with Gasteiger partial charge in [0.15, 0.2) is 0 Å². The van der Waals surface area contributed by atoms with Crippen LogP contribution in [0.25, 0.3) is 10.9 Å². The molecule has 0 aliphatic carbocycles. The molecule has 2 aromatic heterocycles. The molecule has 2 nitrogen and oxygen atoms in total. The largest absolute Gasteiger partial charge is 0.389 e. The molecule has 3 aromatic rings. The van der Waals surface area contributed by atoms with Gasteiger partial charge in [0.1, 0.15) is 4.99 Å². The smallest absolute Gasteiger partial charge is 0.104 e. The summed E-state index contributed by atoms with van der Waals surface area (Å²) in [6.07, 6.45) is 2.10. The quantitative estimate of drug-likeness (QED) is 0.719. The van der Waals surface area contributed by atoms with Gasteiger partial charge in [-0.1, -0.05) is 24.4 Å². The molecule has 0 atom stereocenters. The molecule has 0 spiro atoms. The van der Waals surface area contributed by atoms with E-state index in [9.17, 15) is 0 Å². The van der Waals surface area contributed by atoms with Gasteiger partial charge in [0.2, 0.25) is 0 Å². The molecule has 1 aromatic carbocycles. The Morgan fingerprint density at radius 2 is 2.16 bits per heavy atom. The fraction of sp³-hybridized carbons (Fsp3) is 0.0714. The van der Waals surface area contributed by atoms with Crippen LogP contribution >= 0.6 is 39.5 Å². The molecule has 5 heteroatoms. The van der Waals surface area contributed by atoms with Crippen molar-refractivity contribution in [3.63, 3.8) is 0 Å². The highest BCUT2D eigenvalue weighted by Crippen LogP contribution is 2.24. The Bertz CT molecular complexity index is 758. The van der Waals surface area contributed by atoms with Crippen molar-refractivity contribution < 1.29 is 0 Å². The van der Waals surface area contributed by atoms with Crippen molar-refractivity contribution in [2.45, 2.75) is 6.54 Å². The minimum atomic E-state index is 0.438. The Hall–Kier alpha value is -1.17. The zero-order valence-electron chi connectivity index (χ0n) is 9.97. The normalized spacial score (nSPS) is 11.0. The second kappa shape index (κ2) is 5.07. The van der Waals surface area contributed by atoms with Gasteiger partial charge in [-0.2, -0.15) is 0 Å². The van der Waals surface area contributed by atoms with Crippen molar-refractivity contribution >= 4 is 55.4 Å². The number of nitrogens with two attached hydrogens (primary N) is 1. The van der Waals surface area contributed by atoms with Gasteiger partial charge in [0, 0.05) is 32.0 Å². The fourth-order valence-electron chi connectivity index (χ4n) is 2.08. The maximum atomic E-state index is 5.70. The molecule has 2 heterocycles. The van der Waals surface area contributed by atoms with E-state index in [4.69, 9.17) is 18.0 Å². The third kappa shape index (κ3) is 2.59. The lowest BCUT2D eigenvalue weighted by Gasteiger charge is -2.05. The minimum absolute atomic E-state index is 0.438. The van der Waals surface area contributed by atoms with E-state index in [1.165, 1.54) is 10.3 Å². The summed E-state index contributed by atoms with van der Waals surface area (Å²) in [5, 5.41) is 3.30. The number of fused-ring (bicyclic) bond motifs is 1. The number of hydrogen-bond acceptors (Lipinski definition) is 2. The topological polar surface area (TPSA) is 30.9 Å². The third-order valence-corrected chi connectivity index (χ3v) is 4.92. The van der Waals surface area contributed by atoms with Crippen molar-refractivity contribution in [3.8, 4) is 0 Å². The molecule has 0 aliphatic rings. The standard InChI is InChI=1S/C14H11BrN2S2/c15-11-6-12(19-8-11)7-17-4-3-9-1-2-10(14(16)18)5-13(9)17/h1-6,8H,7H2,(H2,16,18). The summed E-state index contributed by atoms with van der Waals surface area (Å²) in [6, 6.07) is 10.3. The lowest BCUT2D eigenvalue weighted by atomic mass is 10.1. The maximum absolute atomic E-state index is 5.70. The van der Waals surface area contributed by atoms with E-state index < -0.39 is 0 Å². The molecular formula is C14H11BrN2S2. The average Bonchev–Trinajstić information content (AvgIpc) is 2.96. The van der Waals surface area contributed by atoms with E-state index >= 15 is 0 Å². The Morgan fingerprint density at radius 1 is 1.32 bits per heavy atom. The molecule has 96 valence electrons. The lowest BCUT2D eigenvalue weighted by molar-refractivity contribution is 0.851. The summed E-state index contributed by atoms with van der Waals surface area (Å²) in [5.41, 5.74) is 7.77. The number of thiophene rings is 1. The van der Waals surface area contributed by atoms with E-state index in [2.05, 4.69) is 56.3 Å². The average molecular weight is 351 g/mol. The maximum Gasteiger partial charge on any atom is 0.104 e. The van der Waals surface area contributed by atoms with E-state index in [1.54, 1.807) is 11.3 Å². The Morgan fingerprint density at radius 3 is 2.84 bits per heavy atom. The van der Waals surface area contributed by atoms with Crippen LogP contribution in [0.4, 0.5) is 0 Å². The van der Waals surface area contributed by atoms with Crippen LogP contribution in [0.2, 0.25) is 0 Å². The third-order valence-electron chi connectivity index (χ3n) is 3.01. The van der Waals surface area contributed by atoms with Gasteiger partial charge >= 0.3 is 0 Å². The van der Waals surface area contributed by atoms with Crippen LogP contribution in [0.1, 0.15) is 10.4 Å². The molecule has 0 aliphatic heterocycles. The summed E-state index contributed by atoms with van der Waals surface area (Å²) < 4.78 is 3.35. The first-order valence-electron chi connectivity index (χ1n) is 5.75. The second-order valence-corrected chi connectivity index (χ2v) is 6.66. The molecule has 0 saturated carbocycles. The molecule has 3 rings (SSSR count). The summed E-state index contributed by atoms with van der Waals surface area (Å²) in [5.74, 6) is 0. The summed E-state index contributed by atoms with van der Waals surface area (Å²) in [4.78, 5) is 1.75. The predicted molar refractivity (Wildman–Crippen MR) is 88.9 cm³/mol. The van der Waals surface area contributed by atoms with Gasteiger partial charge in [-0.15, -0.1) is 11.3 Å². The Kier molecular flexibility index (Phi) is 3.43. The molecular weight excluding hydrogens is 340 g/mol. The highest BCUT2D eigenvalue weighted by Gasteiger charge is 2.06. The minimum Gasteiger partial charge on any atom is -0.389 e. The molecule has 0 unspecified atom stereocenters. The number of rotatable bonds is 3. The first kappa shape index (κ1) is 12.8. The first-order chi connectivity index (χ1) is 9.13. The SMILES string of the molecule is NC(=S)c1ccc2ccn(Cc3cc(Br)cs3)c2c1. The van der Waals surface area contributed by atoms with Gasteiger partial charge in [0.25, 0.3) is 0 Å². The highest BCUT2D eigenvalue weighted by molar-refractivity contribution is 9.10. The van der Waals surface area contributed by atoms with Crippen LogP contribution in [0.3, 0.4) is 0 Å². The zero-order chi connectivity index (χ0) is 13.4. The summed E-state index contributed by atoms with van der Waals surface area (Å²) in [7, 11) is 0. The van der Waals surface area contributed by atoms with Crippen LogP contribution in [0.15, 0.2) is 46.4 Å². The van der Waals surface area contributed by atoms with Gasteiger partial charge in [-0.25, -0.2) is 0 Å². The van der Waals surface area contributed by atoms with Crippen molar-refractivity contribution in [1.29, 1.82) is 0 Å². The number of nitrogens with zero attached hydrogens (tertiary/aromatic N) is 1. The molecule has 0 saturated heterocycles. The van der Waals surface area contributed by atoms with E-state index in [0.29, 0.717) is 4.99 Å². The van der Waals surface area contributed by atoms with Gasteiger partial charge in [-0.3, -0.25) is 0 Å². The molecule has 0 bridgehead atoms. The molecule has 2 N–H and O–H groups in total. The first-order valence-corrected chi connectivity index (χ1v) is 7.83. The van der Waals surface area contributed by atoms with E-state index in [-0.39, 0.29) is 0 Å². The molecule has 19 heavy (non-hydrogen) atoms. The molecule has 0 amide bonds. The number of hydrogen-bond donors (Lipinski definition) is 1. The lowest BCUT2D eigenvalue weighted by Crippen LogP contribution is -2.09. The summed E-state index contributed by atoms with van der Waals surface area (Å²) >= 11 is 10.3. The number of aromatic nitrogens is 1. The zero-order valence-corrected chi connectivity index (χ0v) is 13.2. The van der Waals surface area contributed by atoms with Crippen molar-refractivity contribution in [2.24, 2.45) is 5.73 Å². The van der Waals surface area contributed by atoms with Crippen molar-refractivity contribution in [2.75, 3.05) is 0 Å². The van der Waals surface area contributed by atoms with Crippen LogP contribution in [0, 0.1) is 0 Å². The number of halogens is 1. The highest BCUT2D eigenvalue weighted by atomic mass is 79.9. The molecule has 0 fully saturated rings. The second-order valence-electron chi connectivity index (χ2n) is 4.31. The van der Waals surface area contributed by atoms with Crippen LogP contribution in [-0.2, 0) is 6.54 Å². The van der Waals surface area contributed by atoms with Crippen molar-refractivity contribution in [3.05, 3.63) is 56.8 Å². The summed E-state index contributed by atoms with van der Waals surface area (Å²) in [6.45, 7) is 0.862. The van der Waals surface area contributed by atoms with Crippen molar-refractivity contribution in [1.82, 2.24) is 4.57 Å². The monoisotopic (exact) mass is 350 g/mol. The van der Waals surface area contributed by atoms with E-state index in [1.807, 2.05) is 6.07 Å². The van der Waals surface area contributed by atoms with Gasteiger partial charge < -0.3 is 10.3 Å². The van der Waals surface area contributed by atoms with Crippen LogP contribution in [0.5, 0.6) is 0 Å². The van der Waals surface area contributed by atoms with Gasteiger partial charge in [0.05, 0.1) is 6.54 Å². The van der Waals surface area contributed by atoms with E-state index in [0.717, 1.165) is 22.1 Å². The van der Waals surface area contributed by atoms with Gasteiger partial charge in [-0.05, 0) is 39.5 Å². The number of thiocarbonyl (C=S) groups is 1. The Balaban J connectivity index is 2.03. The number of benzene rings is 1. The van der Waals surface area contributed by atoms with Crippen LogP contribution in [-0.4, -0.2) is 9.56 Å². The predicted octanol–water partition coefficient (Wildman–Crippen LogP) is 4.15. The van der Waals surface area contributed by atoms with Crippen LogP contribution < -0.4 is 5.73 Å². The fourth-order valence-corrected chi connectivity index (χ4v) is 3.66. The Labute approximate surface area is 129 Å². The molecule has 0 radical (unpaired) electrons.